The molecule has 2 rings (SSSR count). The maximum Gasteiger partial charge on any atom is 0.307 e. The minimum absolute atomic E-state index is 0.0218. The summed E-state index contributed by atoms with van der Waals surface area (Å²) < 4.78 is 27.4. The van der Waals surface area contributed by atoms with Crippen LogP contribution in [0, 0.1) is 17.6 Å². The second kappa shape index (κ2) is 6.80. The van der Waals surface area contributed by atoms with Crippen LogP contribution < -0.4 is 0 Å². The summed E-state index contributed by atoms with van der Waals surface area (Å²) in [6.07, 6.45) is 0.305. The Hall–Kier alpha value is -1.75. The van der Waals surface area contributed by atoms with Gasteiger partial charge in [-0.2, -0.15) is 0 Å². The molecule has 1 N–H and O–H groups in total. The van der Waals surface area contributed by atoms with Gasteiger partial charge in [0.2, 0.25) is 0 Å². The smallest absolute Gasteiger partial charge is 0.307 e. The fourth-order valence-electron chi connectivity index (χ4n) is 2.15. The van der Waals surface area contributed by atoms with Crippen LogP contribution in [0.5, 0.6) is 0 Å². The predicted octanol–water partition coefficient (Wildman–Crippen LogP) is 4.21. The Balaban J connectivity index is 2.18. The maximum atomic E-state index is 13.6. The normalized spacial score (nSPS) is 12.1. The standard InChI is InChI=1S/C16H13BrF2O2/c17-13-3-1-2-10(7-13)6-12(16(20)21)8-11-4-5-14(18)9-15(11)19/h1-5,7,9,12H,6,8H2,(H,20,21). The van der Waals surface area contributed by atoms with Gasteiger partial charge in [0.25, 0.3) is 0 Å². The average Bonchev–Trinajstić information content (AvgIpc) is 2.40. The number of aliphatic carboxylic acids is 1. The van der Waals surface area contributed by atoms with Crippen LogP contribution in [0.3, 0.4) is 0 Å². The summed E-state index contributed by atoms with van der Waals surface area (Å²) in [6, 6.07) is 10.5. The van der Waals surface area contributed by atoms with E-state index in [1.165, 1.54) is 6.07 Å². The molecule has 1 unspecified atom stereocenters. The largest absolute Gasteiger partial charge is 0.481 e. The first-order valence-corrected chi connectivity index (χ1v) is 7.16. The van der Waals surface area contributed by atoms with Crippen molar-refractivity contribution in [2.45, 2.75) is 12.8 Å². The lowest BCUT2D eigenvalue weighted by atomic mass is 9.92. The van der Waals surface area contributed by atoms with Crippen molar-refractivity contribution < 1.29 is 18.7 Å². The fraction of sp³-hybridized carbons (Fsp3) is 0.188. The average molecular weight is 355 g/mol. The van der Waals surface area contributed by atoms with Crippen LogP contribution in [0.4, 0.5) is 8.78 Å². The Kier molecular flexibility index (Phi) is 5.07. The van der Waals surface area contributed by atoms with E-state index in [9.17, 15) is 18.7 Å². The number of carbonyl (C=O) groups is 1. The first kappa shape index (κ1) is 15.6. The van der Waals surface area contributed by atoms with E-state index in [1.54, 1.807) is 0 Å². The quantitative estimate of drug-likeness (QED) is 0.872. The predicted molar refractivity (Wildman–Crippen MR) is 79.0 cm³/mol. The number of carboxylic acid groups (broad SMARTS) is 1. The highest BCUT2D eigenvalue weighted by Crippen LogP contribution is 2.20. The molecular weight excluding hydrogens is 342 g/mol. The zero-order valence-corrected chi connectivity index (χ0v) is 12.6. The van der Waals surface area contributed by atoms with Gasteiger partial charge in [-0.15, -0.1) is 0 Å². The van der Waals surface area contributed by atoms with Crippen molar-refractivity contribution in [3.8, 4) is 0 Å². The number of hydrogen-bond acceptors (Lipinski definition) is 1. The van der Waals surface area contributed by atoms with Gasteiger partial charge >= 0.3 is 5.97 Å². The molecule has 1 atom stereocenters. The lowest BCUT2D eigenvalue weighted by molar-refractivity contribution is -0.141. The second-order valence-corrected chi connectivity index (χ2v) is 5.72. The van der Waals surface area contributed by atoms with Crippen molar-refractivity contribution in [2.24, 2.45) is 5.92 Å². The molecule has 0 aliphatic rings. The van der Waals surface area contributed by atoms with Gasteiger partial charge in [0.1, 0.15) is 11.6 Å². The van der Waals surface area contributed by atoms with E-state index >= 15 is 0 Å². The Morgan fingerprint density at radius 2 is 1.90 bits per heavy atom. The molecule has 0 aromatic heterocycles. The van der Waals surface area contributed by atoms with E-state index in [0.717, 1.165) is 22.2 Å². The van der Waals surface area contributed by atoms with Gasteiger partial charge in [-0.1, -0.05) is 34.1 Å². The van der Waals surface area contributed by atoms with Gasteiger partial charge in [0.15, 0.2) is 0 Å². The summed E-state index contributed by atoms with van der Waals surface area (Å²) in [4.78, 5) is 11.4. The van der Waals surface area contributed by atoms with Crippen LogP contribution in [0.25, 0.3) is 0 Å². The van der Waals surface area contributed by atoms with Gasteiger partial charge in [-0.25, -0.2) is 8.78 Å². The van der Waals surface area contributed by atoms with Crippen LogP contribution >= 0.6 is 15.9 Å². The van der Waals surface area contributed by atoms with Crippen LogP contribution in [0.2, 0.25) is 0 Å². The van der Waals surface area contributed by atoms with Crippen molar-refractivity contribution in [3.05, 3.63) is 69.7 Å². The summed E-state index contributed by atoms with van der Waals surface area (Å²) in [5.41, 5.74) is 1.05. The molecule has 0 heterocycles. The highest BCUT2D eigenvalue weighted by atomic mass is 79.9. The van der Waals surface area contributed by atoms with Gasteiger partial charge in [0, 0.05) is 10.5 Å². The molecule has 0 aliphatic heterocycles. The Morgan fingerprint density at radius 3 is 2.52 bits per heavy atom. The highest BCUT2D eigenvalue weighted by molar-refractivity contribution is 9.10. The van der Waals surface area contributed by atoms with E-state index in [-0.39, 0.29) is 18.4 Å². The van der Waals surface area contributed by atoms with Crippen LogP contribution in [-0.4, -0.2) is 11.1 Å². The molecular formula is C16H13BrF2O2. The van der Waals surface area contributed by atoms with Gasteiger partial charge in [-0.05, 0) is 42.2 Å². The van der Waals surface area contributed by atoms with Crippen molar-refractivity contribution >= 4 is 21.9 Å². The SMILES string of the molecule is O=C(O)C(Cc1cccc(Br)c1)Cc1ccc(F)cc1F. The van der Waals surface area contributed by atoms with Gasteiger partial charge < -0.3 is 5.11 Å². The summed E-state index contributed by atoms with van der Waals surface area (Å²) >= 11 is 3.33. The molecule has 2 nitrogen and oxygen atoms in total. The molecule has 21 heavy (non-hydrogen) atoms. The molecule has 0 bridgehead atoms. The third-order valence-corrected chi connectivity index (χ3v) is 3.70. The second-order valence-electron chi connectivity index (χ2n) is 4.81. The van der Waals surface area contributed by atoms with Crippen molar-refractivity contribution in [3.63, 3.8) is 0 Å². The minimum atomic E-state index is -1.00. The topological polar surface area (TPSA) is 37.3 Å². The molecule has 0 amide bonds. The molecule has 5 heteroatoms. The molecule has 0 spiro atoms. The third kappa shape index (κ3) is 4.36. The third-order valence-electron chi connectivity index (χ3n) is 3.20. The van der Waals surface area contributed by atoms with Crippen LogP contribution in [-0.2, 0) is 17.6 Å². The summed E-state index contributed by atoms with van der Waals surface area (Å²) in [6.45, 7) is 0. The summed E-state index contributed by atoms with van der Waals surface area (Å²) in [5.74, 6) is -3.15. The molecule has 2 aromatic rings. The highest BCUT2D eigenvalue weighted by Gasteiger charge is 2.20. The van der Waals surface area contributed by atoms with Gasteiger partial charge in [-0.3, -0.25) is 4.79 Å². The maximum absolute atomic E-state index is 13.6. The molecule has 0 aliphatic carbocycles. The monoisotopic (exact) mass is 354 g/mol. The van der Waals surface area contributed by atoms with E-state index < -0.39 is 23.5 Å². The van der Waals surface area contributed by atoms with Gasteiger partial charge in [0.05, 0.1) is 5.92 Å². The number of rotatable bonds is 5. The van der Waals surface area contributed by atoms with E-state index in [4.69, 9.17) is 0 Å². The number of halogens is 3. The lowest BCUT2D eigenvalue weighted by Crippen LogP contribution is -2.19. The van der Waals surface area contributed by atoms with E-state index in [0.29, 0.717) is 0 Å². The molecule has 0 saturated carbocycles. The zero-order chi connectivity index (χ0) is 15.4. The Bertz CT molecular complexity index is 658. The number of carboxylic acids is 1. The minimum Gasteiger partial charge on any atom is -0.481 e. The Labute approximate surface area is 129 Å². The fourth-order valence-corrected chi connectivity index (χ4v) is 2.59. The van der Waals surface area contributed by atoms with Crippen molar-refractivity contribution in [2.75, 3.05) is 0 Å². The molecule has 0 radical (unpaired) electrons. The molecule has 2 aromatic carbocycles. The molecule has 0 saturated heterocycles. The van der Waals surface area contributed by atoms with E-state index in [2.05, 4.69) is 15.9 Å². The molecule has 0 fully saturated rings. The summed E-state index contributed by atoms with van der Waals surface area (Å²) in [7, 11) is 0. The zero-order valence-electron chi connectivity index (χ0n) is 11.0. The van der Waals surface area contributed by atoms with Crippen molar-refractivity contribution in [1.29, 1.82) is 0 Å². The first-order chi connectivity index (χ1) is 9.95. The number of hydrogen-bond donors (Lipinski definition) is 1. The lowest BCUT2D eigenvalue weighted by Gasteiger charge is -2.13. The van der Waals surface area contributed by atoms with Crippen LogP contribution in [0.15, 0.2) is 46.9 Å². The molecule has 110 valence electrons. The van der Waals surface area contributed by atoms with E-state index in [1.807, 2.05) is 24.3 Å². The summed E-state index contributed by atoms with van der Waals surface area (Å²) in [5, 5.41) is 9.30. The number of benzene rings is 2. The van der Waals surface area contributed by atoms with Crippen molar-refractivity contribution in [1.82, 2.24) is 0 Å². The van der Waals surface area contributed by atoms with Crippen LogP contribution in [0.1, 0.15) is 11.1 Å². The first-order valence-electron chi connectivity index (χ1n) is 6.37. The Morgan fingerprint density at radius 1 is 1.14 bits per heavy atom.